The molecule has 2 rings (SSSR count). The fourth-order valence-electron chi connectivity index (χ4n) is 2.17. The number of carbonyl (C=O) groups excluding carboxylic acids is 1. The molecule has 1 amide bonds. The van der Waals surface area contributed by atoms with Gasteiger partial charge in [-0.05, 0) is 18.6 Å². The Morgan fingerprint density at radius 2 is 1.90 bits per heavy atom. The van der Waals surface area contributed by atoms with Crippen LogP contribution in [-0.2, 0) is 11.2 Å². The lowest BCUT2D eigenvalue weighted by Gasteiger charge is -2.24. The summed E-state index contributed by atoms with van der Waals surface area (Å²) in [5.41, 5.74) is 1.25. The highest BCUT2D eigenvalue weighted by Crippen LogP contribution is 2.15. The van der Waals surface area contributed by atoms with Crippen LogP contribution in [0, 0.1) is 6.92 Å². The van der Waals surface area contributed by atoms with E-state index in [1.807, 2.05) is 30.3 Å². The number of carboxylic acids is 1. The minimum Gasteiger partial charge on any atom is -0.480 e. The Balaban J connectivity index is 2.20. The molecule has 0 aliphatic carbocycles. The molecule has 0 fully saturated rings. The first-order chi connectivity index (χ1) is 10.0. The third kappa shape index (κ3) is 3.31. The lowest BCUT2D eigenvalue weighted by atomic mass is 10.0. The molecule has 0 saturated carbocycles. The number of rotatable bonds is 5. The molecule has 5 nitrogen and oxygen atoms in total. The topological polar surface area (TPSA) is 70.8 Å². The molecule has 0 saturated heterocycles. The quantitative estimate of drug-likeness (QED) is 0.916. The van der Waals surface area contributed by atoms with Crippen molar-refractivity contribution in [2.24, 2.45) is 0 Å². The van der Waals surface area contributed by atoms with Gasteiger partial charge in [0.05, 0.1) is 11.8 Å². The van der Waals surface area contributed by atoms with Gasteiger partial charge in [0.15, 0.2) is 0 Å². The highest BCUT2D eigenvalue weighted by atomic mass is 16.4. The minimum atomic E-state index is -1.03. The summed E-state index contributed by atoms with van der Waals surface area (Å²) in [6, 6.07) is 9.87. The molecule has 5 heteroatoms. The van der Waals surface area contributed by atoms with E-state index in [-0.39, 0.29) is 12.3 Å². The Labute approximate surface area is 122 Å². The zero-order valence-electron chi connectivity index (χ0n) is 11.9. The summed E-state index contributed by atoms with van der Waals surface area (Å²) in [7, 11) is 1.50. The van der Waals surface area contributed by atoms with E-state index in [1.54, 1.807) is 13.0 Å². The van der Waals surface area contributed by atoms with E-state index < -0.39 is 12.0 Å². The van der Waals surface area contributed by atoms with Crippen molar-refractivity contribution in [3.63, 3.8) is 0 Å². The van der Waals surface area contributed by atoms with Gasteiger partial charge in [-0.25, -0.2) is 4.79 Å². The Morgan fingerprint density at radius 1 is 1.24 bits per heavy atom. The summed E-state index contributed by atoms with van der Waals surface area (Å²) in [5, 5.41) is 9.40. The smallest absolute Gasteiger partial charge is 0.326 e. The van der Waals surface area contributed by atoms with E-state index in [9.17, 15) is 14.7 Å². The maximum absolute atomic E-state index is 12.4. The van der Waals surface area contributed by atoms with Crippen LogP contribution in [0.25, 0.3) is 0 Å². The van der Waals surface area contributed by atoms with Crippen molar-refractivity contribution in [2.75, 3.05) is 7.05 Å². The number of aryl methyl sites for hydroxylation is 1. The van der Waals surface area contributed by atoms with Gasteiger partial charge in [0.25, 0.3) is 5.91 Å². The largest absolute Gasteiger partial charge is 0.480 e. The maximum Gasteiger partial charge on any atom is 0.326 e. The fraction of sp³-hybridized carbons (Fsp3) is 0.250. The second-order valence-corrected chi connectivity index (χ2v) is 4.85. The van der Waals surface area contributed by atoms with E-state index >= 15 is 0 Å². The van der Waals surface area contributed by atoms with Crippen LogP contribution in [0.4, 0.5) is 0 Å². The number of aliphatic carboxylic acids is 1. The van der Waals surface area contributed by atoms with Crippen LogP contribution in [0.2, 0.25) is 0 Å². The van der Waals surface area contributed by atoms with Crippen LogP contribution in [0.5, 0.6) is 0 Å². The van der Waals surface area contributed by atoms with Crippen molar-refractivity contribution in [1.29, 1.82) is 0 Å². The van der Waals surface area contributed by atoms with Crippen LogP contribution in [-0.4, -0.2) is 35.0 Å². The summed E-state index contributed by atoms with van der Waals surface area (Å²) < 4.78 is 5.10. The predicted molar refractivity (Wildman–Crippen MR) is 77.1 cm³/mol. The number of furan rings is 1. The Morgan fingerprint density at radius 3 is 2.43 bits per heavy atom. The number of hydrogen-bond acceptors (Lipinski definition) is 3. The molecule has 1 heterocycles. The summed E-state index contributed by atoms with van der Waals surface area (Å²) in [6.07, 6.45) is 1.68. The van der Waals surface area contributed by atoms with Crippen molar-refractivity contribution < 1.29 is 19.1 Å². The number of nitrogens with zero attached hydrogens (tertiary/aromatic N) is 1. The lowest BCUT2D eigenvalue weighted by molar-refractivity contribution is -0.141. The number of likely N-dealkylation sites (N-methyl/N-ethyl adjacent to an activating group) is 1. The van der Waals surface area contributed by atoms with E-state index in [0.717, 1.165) is 5.56 Å². The molecule has 21 heavy (non-hydrogen) atoms. The number of amides is 1. The number of carboxylic acid groups (broad SMARTS) is 1. The van der Waals surface area contributed by atoms with Crippen LogP contribution in [0.3, 0.4) is 0 Å². The van der Waals surface area contributed by atoms with Crippen molar-refractivity contribution in [3.8, 4) is 0 Å². The van der Waals surface area contributed by atoms with Gasteiger partial charge in [-0.1, -0.05) is 30.3 Å². The molecule has 1 atom stereocenters. The third-order valence-electron chi connectivity index (χ3n) is 3.43. The number of carbonyl (C=O) groups is 2. The van der Waals surface area contributed by atoms with Crippen LogP contribution >= 0.6 is 0 Å². The van der Waals surface area contributed by atoms with Crippen LogP contribution < -0.4 is 0 Å². The summed E-state index contributed by atoms with van der Waals surface area (Å²) in [6.45, 7) is 1.67. The van der Waals surface area contributed by atoms with Gasteiger partial charge in [0, 0.05) is 13.5 Å². The number of hydrogen-bond donors (Lipinski definition) is 1. The lowest BCUT2D eigenvalue weighted by Crippen LogP contribution is -2.43. The minimum absolute atomic E-state index is 0.259. The van der Waals surface area contributed by atoms with E-state index in [1.165, 1.54) is 18.2 Å². The monoisotopic (exact) mass is 287 g/mol. The zero-order chi connectivity index (χ0) is 15.4. The van der Waals surface area contributed by atoms with Gasteiger partial charge in [-0.15, -0.1) is 0 Å². The molecule has 0 aliphatic rings. The molecular formula is C16H17NO4. The van der Waals surface area contributed by atoms with E-state index in [4.69, 9.17) is 4.42 Å². The van der Waals surface area contributed by atoms with Gasteiger partial charge < -0.3 is 14.4 Å². The molecule has 0 aliphatic heterocycles. The van der Waals surface area contributed by atoms with E-state index in [0.29, 0.717) is 11.3 Å². The van der Waals surface area contributed by atoms with Crippen molar-refractivity contribution in [2.45, 2.75) is 19.4 Å². The van der Waals surface area contributed by atoms with Gasteiger partial charge in [0.2, 0.25) is 0 Å². The van der Waals surface area contributed by atoms with Gasteiger partial charge in [0.1, 0.15) is 11.8 Å². The molecule has 0 radical (unpaired) electrons. The number of benzene rings is 1. The molecule has 1 N–H and O–H groups in total. The first kappa shape index (κ1) is 14.8. The van der Waals surface area contributed by atoms with Crippen molar-refractivity contribution >= 4 is 11.9 Å². The highest BCUT2D eigenvalue weighted by Gasteiger charge is 2.28. The Kier molecular flexibility index (Phi) is 4.42. The first-order valence-electron chi connectivity index (χ1n) is 6.58. The maximum atomic E-state index is 12.4. The van der Waals surface area contributed by atoms with E-state index in [2.05, 4.69) is 0 Å². The molecule has 1 aromatic heterocycles. The normalized spacial score (nSPS) is 11.9. The molecule has 0 spiro atoms. The Bertz CT molecular complexity index is 633. The third-order valence-corrected chi connectivity index (χ3v) is 3.43. The predicted octanol–water partition coefficient (Wildman–Crippen LogP) is 2.36. The highest BCUT2D eigenvalue weighted by molar-refractivity contribution is 5.97. The van der Waals surface area contributed by atoms with Crippen LogP contribution in [0.1, 0.15) is 21.7 Å². The fourth-order valence-corrected chi connectivity index (χ4v) is 2.17. The summed E-state index contributed by atoms with van der Waals surface area (Å²) >= 11 is 0. The molecule has 0 bridgehead atoms. The summed E-state index contributed by atoms with van der Waals surface area (Å²) in [4.78, 5) is 25.1. The van der Waals surface area contributed by atoms with Gasteiger partial charge in [-0.2, -0.15) is 0 Å². The zero-order valence-corrected chi connectivity index (χ0v) is 11.9. The molecule has 2 aromatic rings. The Hall–Kier alpha value is -2.56. The molecule has 1 unspecified atom stereocenters. The molecular weight excluding hydrogens is 270 g/mol. The second kappa shape index (κ2) is 6.26. The van der Waals surface area contributed by atoms with Crippen molar-refractivity contribution in [3.05, 3.63) is 59.5 Å². The van der Waals surface area contributed by atoms with Gasteiger partial charge in [-0.3, -0.25) is 4.79 Å². The van der Waals surface area contributed by atoms with Crippen molar-refractivity contribution in [1.82, 2.24) is 4.90 Å². The molecule has 1 aromatic carbocycles. The standard InChI is InChI=1S/C16H17NO4/c1-11-13(8-9-21-11)15(18)17(2)14(16(19)20)10-12-6-4-3-5-7-12/h3-9,14H,10H2,1-2H3,(H,19,20). The average molecular weight is 287 g/mol. The summed E-state index contributed by atoms with van der Waals surface area (Å²) in [5.74, 6) is -0.906. The van der Waals surface area contributed by atoms with Gasteiger partial charge >= 0.3 is 5.97 Å². The van der Waals surface area contributed by atoms with Crippen LogP contribution in [0.15, 0.2) is 47.1 Å². The SMILES string of the molecule is Cc1occc1C(=O)N(C)C(Cc1ccccc1)C(=O)O. The first-order valence-corrected chi connectivity index (χ1v) is 6.58. The average Bonchev–Trinajstić information content (AvgIpc) is 2.90. The second-order valence-electron chi connectivity index (χ2n) is 4.85. The molecule has 110 valence electrons.